The van der Waals surface area contributed by atoms with Crippen LogP contribution in [0.15, 0.2) is 60.8 Å². The summed E-state index contributed by atoms with van der Waals surface area (Å²) in [5, 5.41) is 0. The highest BCUT2D eigenvalue weighted by Crippen LogP contribution is 2.47. The van der Waals surface area contributed by atoms with Gasteiger partial charge in [-0.2, -0.15) is 0 Å². The number of benzene rings is 2. The first kappa shape index (κ1) is 20.9. The summed E-state index contributed by atoms with van der Waals surface area (Å²) in [6, 6.07) is 18.1. The smallest absolute Gasteiger partial charge is 0.341 e. The normalized spacial score (nSPS) is 17.3. The lowest BCUT2D eigenvalue weighted by Crippen LogP contribution is -2.31. The van der Waals surface area contributed by atoms with Crippen LogP contribution in [0.4, 0.5) is 11.4 Å². The van der Waals surface area contributed by atoms with Crippen LogP contribution in [0.5, 0.6) is 0 Å². The summed E-state index contributed by atoms with van der Waals surface area (Å²) in [6.07, 6.45) is 1.73. The fourth-order valence-electron chi connectivity index (χ4n) is 4.44. The van der Waals surface area contributed by atoms with Crippen LogP contribution in [-0.4, -0.2) is 38.1 Å². The molecule has 0 fully saturated rings. The standard InChI is InChI=1S/C26H29N3O2/c1-6-29(7-2)20-12-10-19(11-13-20)26(23-15-14-21(28(4)5)17-18(23)3)24-22(25(30)31-26)9-8-16-27-24/h8-17H,6-7H2,1-5H3. The summed E-state index contributed by atoms with van der Waals surface area (Å²) in [5.41, 5.74) is 5.22. The van der Waals surface area contributed by atoms with Crippen LogP contribution in [0.25, 0.3) is 0 Å². The molecule has 0 spiro atoms. The van der Waals surface area contributed by atoms with Crippen LogP contribution in [0, 0.1) is 6.92 Å². The highest BCUT2D eigenvalue weighted by Gasteiger charge is 2.50. The van der Waals surface area contributed by atoms with E-state index in [1.165, 1.54) is 0 Å². The van der Waals surface area contributed by atoms with Crippen molar-refractivity contribution in [1.82, 2.24) is 4.98 Å². The van der Waals surface area contributed by atoms with Gasteiger partial charge in [-0.3, -0.25) is 4.98 Å². The summed E-state index contributed by atoms with van der Waals surface area (Å²) < 4.78 is 6.20. The molecule has 0 amide bonds. The Morgan fingerprint density at radius 2 is 1.65 bits per heavy atom. The molecular weight excluding hydrogens is 386 g/mol. The molecule has 31 heavy (non-hydrogen) atoms. The van der Waals surface area contributed by atoms with Crippen molar-refractivity contribution in [2.75, 3.05) is 37.0 Å². The number of ether oxygens (including phenoxy) is 1. The second-order valence-electron chi connectivity index (χ2n) is 8.08. The average molecular weight is 416 g/mol. The van der Waals surface area contributed by atoms with Crippen LogP contribution in [0.1, 0.15) is 46.6 Å². The van der Waals surface area contributed by atoms with Crippen molar-refractivity contribution >= 4 is 17.3 Å². The predicted molar refractivity (Wildman–Crippen MR) is 125 cm³/mol. The van der Waals surface area contributed by atoms with Crippen molar-refractivity contribution in [3.8, 4) is 0 Å². The minimum Gasteiger partial charge on any atom is -0.439 e. The third-order valence-electron chi connectivity index (χ3n) is 6.11. The van der Waals surface area contributed by atoms with E-state index in [4.69, 9.17) is 4.74 Å². The van der Waals surface area contributed by atoms with Gasteiger partial charge in [0.1, 0.15) is 5.69 Å². The number of carbonyl (C=O) groups excluding carboxylic acids is 1. The molecule has 1 aliphatic heterocycles. The SMILES string of the molecule is CCN(CC)c1ccc(C2(c3ccc(N(C)C)cc3C)OC(=O)c3cccnc32)cc1. The van der Waals surface area contributed by atoms with Crippen molar-refractivity contribution in [2.24, 2.45) is 0 Å². The highest BCUT2D eigenvalue weighted by atomic mass is 16.6. The molecule has 5 nitrogen and oxygen atoms in total. The number of pyridine rings is 1. The van der Waals surface area contributed by atoms with E-state index in [0.717, 1.165) is 41.2 Å². The van der Waals surface area contributed by atoms with Gasteiger partial charge in [-0.05, 0) is 62.7 Å². The number of hydrogen-bond donors (Lipinski definition) is 0. The molecule has 3 aromatic rings. The molecule has 0 saturated carbocycles. The number of nitrogens with zero attached hydrogens (tertiary/aromatic N) is 3. The van der Waals surface area contributed by atoms with Gasteiger partial charge in [-0.15, -0.1) is 0 Å². The Hall–Kier alpha value is -3.34. The van der Waals surface area contributed by atoms with E-state index in [1.54, 1.807) is 18.3 Å². The molecule has 0 N–H and O–H groups in total. The number of fused-ring (bicyclic) bond motifs is 1. The van der Waals surface area contributed by atoms with Gasteiger partial charge in [0, 0.05) is 55.9 Å². The molecule has 4 rings (SSSR count). The Kier molecular flexibility index (Phi) is 5.44. The maximum absolute atomic E-state index is 12.9. The monoisotopic (exact) mass is 415 g/mol. The minimum atomic E-state index is -1.07. The van der Waals surface area contributed by atoms with Crippen LogP contribution in [0.3, 0.4) is 0 Å². The van der Waals surface area contributed by atoms with Gasteiger partial charge in [0.05, 0.1) is 5.56 Å². The van der Waals surface area contributed by atoms with Gasteiger partial charge in [0.15, 0.2) is 0 Å². The van der Waals surface area contributed by atoms with E-state index in [-0.39, 0.29) is 5.97 Å². The first-order valence-electron chi connectivity index (χ1n) is 10.7. The van der Waals surface area contributed by atoms with Gasteiger partial charge in [-0.25, -0.2) is 4.79 Å². The maximum Gasteiger partial charge on any atom is 0.341 e. The fraction of sp³-hybridized carbons (Fsp3) is 0.308. The summed E-state index contributed by atoms with van der Waals surface area (Å²) in [6.45, 7) is 8.22. The maximum atomic E-state index is 12.9. The Labute approximate surface area is 184 Å². The Morgan fingerprint density at radius 3 is 2.26 bits per heavy atom. The molecule has 160 valence electrons. The van der Waals surface area contributed by atoms with Gasteiger partial charge in [0.2, 0.25) is 5.60 Å². The van der Waals surface area contributed by atoms with Crippen LogP contribution in [0.2, 0.25) is 0 Å². The molecule has 0 bridgehead atoms. The first-order chi connectivity index (χ1) is 14.9. The Bertz CT molecular complexity index is 1100. The van der Waals surface area contributed by atoms with E-state index in [2.05, 4.69) is 78.0 Å². The number of aryl methyl sites for hydroxylation is 1. The van der Waals surface area contributed by atoms with Crippen molar-refractivity contribution in [3.63, 3.8) is 0 Å². The molecule has 1 aliphatic rings. The lowest BCUT2D eigenvalue weighted by Gasteiger charge is -2.32. The fourth-order valence-corrected chi connectivity index (χ4v) is 4.44. The molecule has 1 aromatic heterocycles. The topological polar surface area (TPSA) is 45.7 Å². The van der Waals surface area contributed by atoms with Gasteiger partial charge in [0.25, 0.3) is 0 Å². The van der Waals surface area contributed by atoms with Crippen LogP contribution in [-0.2, 0) is 10.3 Å². The minimum absolute atomic E-state index is 0.341. The number of hydrogen-bond acceptors (Lipinski definition) is 5. The molecule has 1 unspecified atom stereocenters. The number of cyclic esters (lactones) is 1. The summed E-state index contributed by atoms with van der Waals surface area (Å²) in [5.74, 6) is -0.341. The van der Waals surface area contributed by atoms with Crippen molar-refractivity contribution in [1.29, 1.82) is 0 Å². The van der Waals surface area contributed by atoms with Crippen molar-refractivity contribution < 1.29 is 9.53 Å². The van der Waals surface area contributed by atoms with Gasteiger partial charge in [-0.1, -0.05) is 18.2 Å². The van der Waals surface area contributed by atoms with E-state index >= 15 is 0 Å². The largest absolute Gasteiger partial charge is 0.439 e. The molecule has 5 heteroatoms. The number of anilines is 2. The molecule has 0 aliphatic carbocycles. The zero-order valence-electron chi connectivity index (χ0n) is 18.8. The number of rotatable bonds is 6. The van der Waals surface area contributed by atoms with E-state index in [0.29, 0.717) is 11.3 Å². The molecule has 2 aromatic carbocycles. The molecule has 2 heterocycles. The highest BCUT2D eigenvalue weighted by molar-refractivity contribution is 5.95. The van der Waals surface area contributed by atoms with Crippen LogP contribution < -0.4 is 9.80 Å². The van der Waals surface area contributed by atoms with Crippen LogP contribution >= 0.6 is 0 Å². The summed E-state index contributed by atoms with van der Waals surface area (Å²) in [4.78, 5) is 21.9. The molecular formula is C26H29N3O2. The molecule has 1 atom stereocenters. The summed E-state index contributed by atoms with van der Waals surface area (Å²) >= 11 is 0. The zero-order chi connectivity index (χ0) is 22.2. The molecule has 0 saturated heterocycles. The van der Waals surface area contributed by atoms with E-state index < -0.39 is 5.60 Å². The first-order valence-corrected chi connectivity index (χ1v) is 10.7. The van der Waals surface area contributed by atoms with Gasteiger partial charge < -0.3 is 14.5 Å². The lowest BCUT2D eigenvalue weighted by molar-refractivity contribution is 0.0242. The van der Waals surface area contributed by atoms with Crippen molar-refractivity contribution in [2.45, 2.75) is 26.4 Å². The number of esters is 1. The number of aromatic nitrogens is 1. The number of carbonyl (C=O) groups is 1. The predicted octanol–water partition coefficient (Wildman–Crippen LogP) is 4.76. The average Bonchev–Trinajstić information content (AvgIpc) is 3.08. The molecule has 0 radical (unpaired) electrons. The third-order valence-corrected chi connectivity index (χ3v) is 6.11. The van der Waals surface area contributed by atoms with E-state index in [1.807, 2.05) is 14.1 Å². The second-order valence-corrected chi connectivity index (χ2v) is 8.08. The summed E-state index contributed by atoms with van der Waals surface area (Å²) in [7, 11) is 4.03. The quantitative estimate of drug-likeness (QED) is 0.543. The zero-order valence-corrected chi connectivity index (χ0v) is 18.8. The van der Waals surface area contributed by atoms with Crippen molar-refractivity contribution in [3.05, 3.63) is 88.7 Å². The second kappa shape index (κ2) is 8.06. The van der Waals surface area contributed by atoms with Gasteiger partial charge >= 0.3 is 5.97 Å². The third kappa shape index (κ3) is 3.34. The lowest BCUT2D eigenvalue weighted by atomic mass is 9.80. The van der Waals surface area contributed by atoms with E-state index in [9.17, 15) is 4.79 Å². The Balaban J connectivity index is 1.94. The Morgan fingerprint density at radius 1 is 0.968 bits per heavy atom.